The number of fused-ring (bicyclic) bond motifs is 1. The maximum atomic E-state index is 13.7. The summed E-state index contributed by atoms with van der Waals surface area (Å²) in [5, 5.41) is 3.28. The summed E-state index contributed by atoms with van der Waals surface area (Å²) in [4.78, 5) is 35.9. The van der Waals surface area contributed by atoms with Crippen LogP contribution in [-0.4, -0.2) is 84.8 Å². The highest BCUT2D eigenvalue weighted by Crippen LogP contribution is 2.25. The molecule has 0 radical (unpaired) electrons. The zero-order valence-corrected chi connectivity index (χ0v) is 22.2. The van der Waals surface area contributed by atoms with E-state index >= 15 is 0 Å². The third kappa shape index (κ3) is 6.87. The summed E-state index contributed by atoms with van der Waals surface area (Å²) in [7, 11) is 3.74. The van der Waals surface area contributed by atoms with Gasteiger partial charge >= 0.3 is 0 Å². The summed E-state index contributed by atoms with van der Waals surface area (Å²) in [5.74, 6) is 1.43. The van der Waals surface area contributed by atoms with Gasteiger partial charge in [-0.05, 0) is 57.6 Å². The van der Waals surface area contributed by atoms with Crippen molar-refractivity contribution in [2.45, 2.75) is 32.9 Å². The van der Waals surface area contributed by atoms with Crippen molar-refractivity contribution in [3.05, 3.63) is 52.8 Å². The summed E-state index contributed by atoms with van der Waals surface area (Å²) < 4.78 is 12.8. The Balaban J connectivity index is 1.58. The Labute approximate surface area is 218 Å². The van der Waals surface area contributed by atoms with Gasteiger partial charge in [-0.2, -0.15) is 0 Å². The van der Waals surface area contributed by atoms with Crippen molar-refractivity contribution in [1.29, 1.82) is 0 Å². The summed E-state index contributed by atoms with van der Waals surface area (Å²) in [6.45, 7) is 9.54. The zero-order valence-electron chi connectivity index (χ0n) is 22.2. The molecule has 198 valence electrons. The van der Waals surface area contributed by atoms with Gasteiger partial charge in [0.05, 0.1) is 24.6 Å². The normalized spacial score (nSPS) is 14.7. The Hall–Kier alpha value is -3.43. The van der Waals surface area contributed by atoms with Crippen LogP contribution in [0.15, 0.2) is 47.3 Å². The van der Waals surface area contributed by atoms with E-state index in [2.05, 4.69) is 22.2 Å². The number of benzene rings is 2. The van der Waals surface area contributed by atoms with Gasteiger partial charge in [0.15, 0.2) is 0 Å². The summed E-state index contributed by atoms with van der Waals surface area (Å²) in [5.41, 5.74) is 0.956. The van der Waals surface area contributed by atoms with E-state index in [-0.39, 0.29) is 24.1 Å². The second-order valence-electron chi connectivity index (χ2n) is 9.81. The molecular weight excluding hydrogens is 470 g/mol. The number of carbonyl (C=O) groups is 1. The van der Waals surface area contributed by atoms with Gasteiger partial charge in [-0.1, -0.05) is 12.1 Å². The summed E-state index contributed by atoms with van der Waals surface area (Å²) >= 11 is 0. The van der Waals surface area contributed by atoms with Gasteiger partial charge in [0, 0.05) is 44.3 Å². The fourth-order valence-electron chi connectivity index (χ4n) is 4.48. The van der Waals surface area contributed by atoms with Crippen molar-refractivity contribution in [2.75, 3.05) is 53.5 Å². The monoisotopic (exact) mass is 507 g/mol. The SMILES string of the molecule is COc1cccc(-c2nc3ccc(OCCCN4CCN(C)CC4)cc3c(=O)n2CC(=O)NC(C)C)c1. The molecule has 2 heterocycles. The number of nitrogens with one attached hydrogen (secondary N) is 1. The average Bonchev–Trinajstić information content (AvgIpc) is 2.89. The van der Waals surface area contributed by atoms with Gasteiger partial charge in [0.25, 0.3) is 5.56 Å². The molecule has 1 fully saturated rings. The Bertz CT molecular complexity index is 1280. The minimum atomic E-state index is -0.287. The number of likely N-dealkylation sites (N-methyl/N-ethyl adjacent to an activating group) is 1. The molecule has 0 atom stereocenters. The molecule has 1 saturated heterocycles. The molecule has 1 amide bonds. The molecular formula is C28H37N5O4. The molecule has 0 bridgehead atoms. The van der Waals surface area contributed by atoms with Crippen molar-refractivity contribution in [3.8, 4) is 22.9 Å². The van der Waals surface area contributed by atoms with E-state index in [0.29, 0.717) is 40.4 Å². The number of rotatable bonds is 10. The van der Waals surface area contributed by atoms with Gasteiger partial charge in [-0.3, -0.25) is 14.2 Å². The van der Waals surface area contributed by atoms with Crippen LogP contribution in [0.5, 0.6) is 11.5 Å². The largest absolute Gasteiger partial charge is 0.497 e. The summed E-state index contributed by atoms with van der Waals surface area (Å²) in [6, 6.07) is 12.7. The summed E-state index contributed by atoms with van der Waals surface area (Å²) in [6.07, 6.45) is 0.911. The first-order valence-electron chi connectivity index (χ1n) is 12.9. The lowest BCUT2D eigenvalue weighted by Gasteiger charge is -2.32. The maximum absolute atomic E-state index is 13.7. The minimum absolute atomic E-state index is 0.0391. The minimum Gasteiger partial charge on any atom is -0.497 e. The quantitative estimate of drug-likeness (QED) is 0.422. The Morgan fingerprint density at radius 2 is 1.86 bits per heavy atom. The molecule has 0 saturated carbocycles. The third-order valence-corrected chi connectivity index (χ3v) is 6.49. The van der Waals surface area contributed by atoms with Crippen molar-refractivity contribution in [1.82, 2.24) is 24.7 Å². The molecule has 4 rings (SSSR count). The third-order valence-electron chi connectivity index (χ3n) is 6.49. The van der Waals surface area contributed by atoms with Crippen molar-refractivity contribution in [3.63, 3.8) is 0 Å². The topological polar surface area (TPSA) is 88.9 Å². The van der Waals surface area contributed by atoms with Gasteiger partial charge < -0.3 is 24.6 Å². The molecule has 1 N–H and O–H groups in total. The zero-order chi connectivity index (χ0) is 26.4. The van der Waals surface area contributed by atoms with Gasteiger partial charge in [-0.15, -0.1) is 0 Å². The first kappa shape index (κ1) is 26.6. The fourth-order valence-corrected chi connectivity index (χ4v) is 4.48. The Morgan fingerprint density at radius 1 is 1.08 bits per heavy atom. The molecule has 1 aliphatic heterocycles. The van der Waals surface area contributed by atoms with Crippen LogP contribution in [-0.2, 0) is 11.3 Å². The number of ether oxygens (including phenoxy) is 2. The van der Waals surface area contributed by atoms with Crippen LogP contribution in [0.25, 0.3) is 22.3 Å². The Morgan fingerprint density at radius 3 is 2.59 bits per heavy atom. The van der Waals surface area contributed by atoms with E-state index in [1.165, 1.54) is 4.57 Å². The second kappa shape index (κ2) is 12.2. The number of hydrogen-bond acceptors (Lipinski definition) is 7. The van der Waals surface area contributed by atoms with Crippen molar-refractivity contribution < 1.29 is 14.3 Å². The lowest BCUT2D eigenvalue weighted by atomic mass is 10.1. The number of hydrogen-bond donors (Lipinski definition) is 1. The predicted octanol–water partition coefficient (Wildman–Crippen LogP) is 2.61. The highest BCUT2D eigenvalue weighted by Gasteiger charge is 2.18. The maximum Gasteiger partial charge on any atom is 0.262 e. The van der Waals surface area contributed by atoms with E-state index in [0.717, 1.165) is 39.1 Å². The van der Waals surface area contributed by atoms with Crippen LogP contribution < -0.4 is 20.3 Å². The van der Waals surface area contributed by atoms with Crippen molar-refractivity contribution >= 4 is 16.8 Å². The number of nitrogens with zero attached hydrogens (tertiary/aromatic N) is 4. The highest BCUT2D eigenvalue weighted by atomic mass is 16.5. The van der Waals surface area contributed by atoms with Crippen LogP contribution in [0.2, 0.25) is 0 Å². The molecule has 0 unspecified atom stereocenters. The van der Waals surface area contributed by atoms with Gasteiger partial charge in [0.2, 0.25) is 5.91 Å². The smallest absolute Gasteiger partial charge is 0.262 e. The molecule has 2 aromatic carbocycles. The first-order chi connectivity index (χ1) is 17.8. The number of carbonyl (C=O) groups excluding carboxylic acids is 1. The number of piperazine rings is 1. The van der Waals surface area contributed by atoms with Crippen LogP contribution >= 0.6 is 0 Å². The van der Waals surface area contributed by atoms with Gasteiger partial charge in [-0.25, -0.2) is 4.98 Å². The first-order valence-corrected chi connectivity index (χ1v) is 12.9. The standard InChI is InChI=1S/C28H37N5O4/c1-20(2)29-26(34)19-33-27(21-7-5-8-22(17-21)36-4)30-25-10-9-23(18-24(25)28(33)35)37-16-6-11-32-14-12-31(3)13-15-32/h5,7-10,17-18,20H,6,11-16,19H2,1-4H3,(H,29,34). The van der Waals surface area contributed by atoms with E-state index in [1.807, 2.05) is 44.2 Å². The molecule has 1 aromatic heterocycles. The highest BCUT2D eigenvalue weighted by molar-refractivity contribution is 5.83. The molecule has 0 aliphatic carbocycles. The van der Waals surface area contributed by atoms with E-state index in [1.54, 1.807) is 19.2 Å². The number of methoxy groups -OCH3 is 1. The predicted molar refractivity (Wildman–Crippen MR) is 145 cm³/mol. The lowest BCUT2D eigenvalue weighted by molar-refractivity contribution is -0.122. The second-order valence-corrected chi connectivity index (χ2v) is 9.81. The van der Waals surface area contributed by atoms with Crippen LogP contribution in [0.3, 0.4) is 0 Å². The van der Waals surface area contributed by atoms with Gasteiger partial charge in [0.1, 0.15) is 23.9 Å². The van der Waals surface area contributed by atoms with Crippen LogP contribution in [0, 0.1) is 0 Å². The molecule has 3 aromatic rings. The lowest BCUT2D eigenvalue weighted by Crippen LogP contribution is -2.44. The molecule has 37 heavy (non-hydrogen) atoms. The van der Waals surface area contributed by atoms with Crippen LogP contribution in [0.1, 0.15) is 20.3 Å². The van der Waals surface area contributed by atoms with E-state index in [9.17, 15) is 9.59 Å². The molecule has 1 aliphatic rings. The number of aromatic nitrogens is 2. The molecule has 0 spiro atoms. The fraction of sp³-hybridized carbons (Fsp3) is 0.464. The molecule has 9 nitrogen and oxygen atoms in total. The van der Waals surface area contributed by atoms with E-state index < -0.39 is 0 Å². The average molecular weight is 508 g/mol. The number of amides is 1. The molecule has 9 heteroatoms. The van der Waals surface area contributed by atoms with Crippen LogP contribution in [0.4, 0.5) is 0 Å². The Kier molecular flexibility index (Phi) is 8.78. The van der Waals surface area contributed by atoms with E-state index in [4.69, 9.17) is 14.5 Å². The van der Waals surface area contributed by atoms with Crippen molar-refractivity contribution in [2.24, 2.45) is 0 Å².